The Morgan fingerprint density at radius 1 is 0.600 bits per heavy atom. The van der Waals surface area contributed by atoms with E-state index in [0.717, 1.165) is 0 Å². The molecule has 1 nitrogen and oxygen atoms in total. The second-order valence-corrected chi connectivity index (χ2v) is 3.73. The molecular weight excluding hydrogens is 328 g/mol. The van der Waals surface area contributed by atoms with Crippen molar-refractivity contribution in [3.63, 3.8) is 0 Å². The maximum Gasteiger partial charge on any atom is 0.426 e. The molecule has 1 fully saturated rings. The van der Waals surface area contributed by atoms with Crippen molar-refractivity contribution in [2.45, 2.75) is 42.3 Å². The van der Waals surface area contributed by atoms with Gasteiger partial charge in [0.2, 0.25) is 0 Å². The van der Waals surface area contributed by atoms with Gasteiger partial charge in [-0.25, -0.2) is 22.0 Å². The van der Waals surface area contributed by atoms with E-state index in [1.165, 1.54) is 0 Å². The predicted octanol–water partition coefficient (Wildman–Crippen LogP) is 3.78. The summed E-state index contributed by atoms with van der Waals surface area (Å²) in [5.74, 6) is -20.3. The Labute approximate surface area is 101 Å². The topological polar surface area (TPSA) is 9.23 Å². The first-order valence-corrected chi connectivity index (χ1v) is 4.37. The first-order valence-electron chi connectivity index (χ1n) is 4.37. The molecular formula is C7H2F12O. The van der Waals surface area contributed by atoms with Crippen LogP contribution in [0, 0.1) is 0 Å². The molecule has 0 aromatic rings. The van der Waals surface area contributed by atoms with Crippen molar-refractivity contribution in [1.82, 2.24) is 0 Å². The summed E-state index contributed by atoms with van der Waals surface area (Å²) in [6, 6.07) is 0. The zero-order valence-electron chi connectivity index (χ0n) is 8.60. The molecule has 0 radical (unpaired) electrons. The fraction of sp³-hybridized carbons (Fsp3) is 1.00. The first-order chi connectivity index (χ1) is 8.59. The lowest BCUT2D eigenvalue weighted by atomic mass is 9.82. The minimum absolute atomic E-state index is 1.98. The average Bonchev–Trinajstić information content (AvgIpc) is 2.24. The van der Waals surface area contributed by atoms with Crippen molar-refractivity contribution >= 4 is 0 Å². The van der Waals surface area contributed by atoms with Gasteiger partial charge in [-0.3, -0.25) is 4.74 Å². The van der Waals surface area contributed by atoms with Crippen molar-refractivity contribution < 1.29 is 57.4 Å². The Hall–Kier alpha value is -0.880. The molecule has 0 aromatic heterocycles. The summed E-state index contributed by atoms with van der Waals surface area (Å²) >= 11 is 0. The fourth-order valence-corrected chi connectivity index (χ4v) is 1.43. The van der Waals surface area contributed by atoms with E-state index in [0.29, 0.717) is 0 Å². The molecule has 0 aliphatic carbocycles. The van der Waals surface area contributed by atoms with Crippen LogP contribution in [0.4, 0.5) is 52.7 Å². The minimum atomic E-state index is -6.97. The van der Waals surface area contributed by atoms with Crippen LogP contribution in [0.15, 0.2) is 0 Å². The summed E-state index contributed by atoms with van der Waals surface area (Å²) in [5.41, 5.74) is -6.91. The lowest BCUT2D eigenvalue weighted by Crippen LogP contribution is -2.81. The monoisotopic (exact) mass is 330 g/mol. The molecule has 1 aliphatic heterocycles. The molecule has 1 aliphatic rings. The second kappa shape index (κ2) is 4.07. The fourth-order valence-electron chi connectivity index (χ4n) is 1.43. The van der Waals surface area contributed by atoms with Gasteiger partial charge in [-0.1, -0.05) is 0 Å². The zero-order chi connectivity index (χ0) is 16.4. The normalized spacial score (nSPS) is 39.3. The highest BCUT2D eigenvalue weighted by Gasteiger charge is 2.95. The number of hydrogen-bond donors (Lipinski definition) is 0. The van der Waals surface area contributed by atoms with Crippen molar-refractivity contribution in [2.75, 3.05) is 0 Å². The minimum Gasteiger partial charge on any atom is -0.267 e. The van der Waals surface area contributed by atoms with E-state index in [2.05, 4.69) is 0 Å². The van der Waals surface area contributed by atoms with Crippen molar-refractivity contribution in [3.05, 3.63) is 0 Å². The Kier molecular flexibility index (Phi) is 3.50. The molecule has 1 heterocycles. The first kappa shape index (κ1) is 17.2. The van der Waals surface area contributed by atoms with E-state index in [-0.39, 0.29) is 0 Å². The highest BCUT2D eigenvalue weighted by Crippen LogP contribution is 2.64. The maximum absolute atomic E-state index is 13.2. The van der Waals surface area contributed by atoms with Gasteiger partial charge in [0, 0.05) is 0 Å². The number of halogens is 12. The number of ether oxygens (including phenoxy) is 1. The highest BCUT2D eigenvalue weighted by atomic mass is 19.3. The van der Waals surface area contributed by atoms with Crippen LogP contribution >= 0.6 is 0 Å². The van der Waals surface area contributed by atoms with Crippen molar-refractivity contribution in [2.24, 2.45) is 0 Å². The van der Waals surface area contributed by atoms with Gasteiger partial charge in [-0.05, 0) is 0 Å². The van der Waals surface area contributed by atoms with Crippen LogP contribution in [-0.2, 0) is 4.74 Å². The van der Waals surface area contributed by atoms with E-state index in [4.69, 9.17) is 0 Å². The van der Waals surface area contributed by atoms with E-state index in [1.54, 1.807) is 0 Å². The van der Waals surface area contributed by atoms with Gasteiger partial charge in [0.05, 0.1) is 0 Å². The lowest BCUT2D eigenvalue weighted by molar-refractivity contribution is -0.537. The molecule has 2 atom stereocenters. The standard InChI is InChI=1S/C7H2F12O/c8-1(9)3(12)5(14,15)4(13,2(10)11)20-7(18,19)6(3,16)17/h1-2H. The van der Waals surface area contributed by atoms with Gasteiger partial charge in [0.1, 0.15) is 0 Å². The van der Waals surface area contributed by atoms with Crippen LogP contribution in [0.2, 0.25) is 0 Å². The van der Waals surface area contributed by atoms with Crippen molar-refractivity contribution in [3.8, 4) is 0 Å². The summed E-state index contributed by atoms with van der Waals surface area (Å²) < 4.78 is 153. The van der Waals surface area contributed by atoms with Gasteiger partial charge in [0.25, 0.3) is 6.43 Å². The number of alkyl halides is 12. The van der Waals surface area contributed by atoms with Crippen LogP contribution in [0.25, 0.3) is 0 Å². The van der Waals surface area contributed by atoms with Crippen LogP contribution in [0.5, 0.6) is 0 Å². The third kappa shape index (κ3) is 1.58. The van der Waals surface area contributed by atoms with Crippen LogP contribution < -0.4 is 0 Å². The predicted molar refractivity (Wildman–Crippen MR) is 35.6 cm³/mol. The molecule has 0 N–H and O–H groups in total. The third-order valence-corrected chi connectivity index (χ3v) is 2.57. The maximum atomic E-state index is 13.2. The Balaban J connectivity index is 3.68. The highest BCUT2D eigenvalue weighted by molar-refractivity contribution is 5.18. The van der Waals surface area contributed by atoms with E-state index >= 15 is 0 Å². The summed E-state index contributed by atoms with van der Waals surface area (Å²) in [4.78, 5) is 0. The summed E-state index contributed by atoms with van der Waals surface area (Å²) in [6.45, 7) is 0. The molecule has 0 aromatic carbocycles. The second-order valence-electron chi connectivity index (χ2n) is 3.73. The molecule has 1 rings (SSSR count). The molecule has 0 amide bonds. The van der Waals surface area contributed by atoms with E-state index in [9.17, 15) is 52.7 Å². The summed E-state index contributed by atoms with van der Waals surface area (Å²) in [7, 11) is 0. The Bertz CT molecular complexity index is 393. The third-order valence-electron chi connectivity index (χ3n) is 2.57. The lowest BCUT2D eigenvalue weighted by Gasteiger charge is -2.50. The van der Waals surface area contributed by atoms with Crippen LogP contribution in [-0.4, -0.2) is 42.3 Å². The Morgan fingerprint density at radius 3 is 1.30 bits per heavy atom. The van der Waals surface area contributed by atoms with Crippen LogP contribution in [0.3, 0.4) is 0 Å². The molecule has 1 saturated heterocycles. The number of rotatable bonds is 2. The molecule has 0 spiro atoms. The molecule has 13 heteroatoms. The quantitative estimate of drug-likeness (QED) is 0.700. The van der Waals surface area contributed by atoms with Gasteiger partial charge < -0.3 is 0 Å². The van der Waals surface area contributed by atoms with Gasteiger partial charge in [-0.2, -0.15) is 30.7 Å². The van der Waals surface area contributed by atoms with Gasteiger partial charge in [0.15, 0.2) is 0 Å². The molecule has 2 unspecified atom stereocenters. The smallest absolute Gasteiger partial charge is 0.267 e. The molecule has 0 saturated carbocycles. The van der Waals surface area contributed by atoms with Gasteiger partial charge in [-0.15, -0.1) is 0 Å². The SMILES string of the molecule is FC(F)C1(F)OC(F)(F)C(F)(F)C(F)(C(F)F)C1(F)F. The zero-order valence-corrected chi connectivity index (χ0v) is 8.60. The molecule has 20 heavy (non-hydrogen) atoms. The Morgan fingerprint density at radius 2 is 1.00 bits per heavy atom. The van der Waals surface area contributed by atoms with Crippen molar-refractivity contribution in [1.29, 1.82) is 0 Å². The summed E-state index contributed by atoms with van der Waals surface area (Å²) in [5, 5.41) is 0. The van der Waals surface area contributed by atoms with Gasteiger partial charge >= 0.3 is 35.9 Å². The molecule has 0 bridgehead atoms. The average molecular weight is 330 g/mol. The van der Waals surface area contributed by atoms with Crippen LogP contribution in [0.1, 0.15) is 0 Å². The largest absolute Gasteiger partial charge is 0.426 e. The summed E-state index contributed by atoms with van der Waals surface area (Å²) in [6.07, 6.45) is -17.6. The van der Waals surface area contributed by atoms with E-state index < -0.39 is 42.3 Å². The molecule has 120 valence electrons. The van der Waals surface area contributed by atoms with E-state index in [1.807, 2.05) is 4.74 Å². The number of hydrogen-bond acceptors (Lipinski definition) is 1.